The highest BCUT2D eigenvalue weighted by Crippen LogP contribution is 2.36. The van der Waals surface area contributed by atoms with Crippen LogP contribution in [0.1, 0.15) is 0 Å². The highest BCUT2D eigenvalue weighted by Gasteiger charge is 2.62. The molecule has 0 fully saturated rings. The normalized spacial score (nSPS) is 19.8. The number of hydrogen-bond acceptors (Lipinski definition) is 6. The number of halogens is 2. The topological polar surface area (TPSA) is 96.2 Å². The largest absolute Gasteiger partial charge is 0.391 e. The molecular weight excluding hydrogens is 322 g/mol. The van der Waals surface area contributed by atoms with Crippen molar-refractivity contribution in [3.63, 3.8) is 0 Å². The summed E-state index contributed by atoms with van der Waals surface area (Å²) in [5.74, 6) is -7.96. The Morgan fingerprint density at radius 3 is 1.76 bits per heavy atom. The third-order valence-corrected chi connectivity index (χ3v) is 4.10. The predicted octanol–water partition coefficient (Wildman–Crippen LogP) is 0.891. The first-order chi connectivity index (χ1) is 9.06. The van der Waals surface area contributed by atoms with Crippen LogP contribution in [-0.4, -0.2) is 62.3 Å². The Labute approximate surface area is 124 Å². The molecule has 1 unspecified atom stereocenters. The van der Waals surface area contributed by atoms with Crippen molar-refractivity contribution in [3.8, 4) is 0 Å². The fraction of sp³-hybridized carbons (Fsp3) is 0.909. The van der Waals surface area contributed by atoms with Crippen LogP contribution in [0.5, 0.6) is 0 Å². The first kappa shape index (κ1) is 20.8. The number of aldehydes is 1. The first-order valence-corrected chi connectivity index (χ1v) is 13.2. The van der Waals surface area contributed by atoms with E-state index in [4.69, 9.17) is 8.85 Å². The number of carbonyl (C=O) groups excluding carboxylic acids is 1. The van der Waals surface area contributed by atoms with Gasteiger partial charge in [-0.3, -0.25) is 4.79 Å². The molecule has 6 nitrogen and oxygen atoms in total. The molecule has 0 saturated carbocycles. The molecule has 0 radical (unpaired) electrons. The molecule has 0 heterocycles. The van der Waals surface area contributed by atoms with E-state index in [1.807, 2.05) is 0 Å². The van der Waals surface area contributed by atoms with Gasteiger partial charge in [0.05, 0.1) is 0 Å². The van der Waals surface area contributed by atoms with Gasteiger partial charge in [-0.1, -0.05) is 0 Å². The number of aliphatic hydroxyl groups excluding tert-OH is 2. The van der Waals surface area contributed by atoms with Gasteiger partial charge in [0, 0.05) is 0 Å². The number of aliphatic hydroxyl groups is 3. The quantitative estimate of drug-likeness (QED) is 0.343. The molecule has 0 aromatic carbocycles. The summed E-state index contributed by atoms with van der Waals surface area (Å²) in [6.07, 6.45) is -5.43. The van der Waals surface area contributed by atoms with Crippen molar-refractivity contribution in [2.24, 2.45) is 0 Å². The molecule has 0 aromatic heterocycles. The highest BCUT2D eigenvalue weighted by molar-refractivity contribution is 6.70. The second-order valence-corrected chi connectivity index (χ2v) is 15.6. The molecule has 0 rings (SSSR count). The van der Waals surface area contributed by atoms with Gasteiger partial charge in [0.1, 0.15) is 0 Å². The van der Waals surface area contributed by atoms with Gasteiger partial charge in [0.15, 0.2) is 35.3 Å². The SMILES string of the molecule is C[Si](C)(C)OC(O)[C@@H](O)[C@](O)(O[Si](C)(C)C)C(F)(F)C=O. The summed E-state index contributed by atoms with van der Waals surface area (Å²) in [7, 11) is -5.18. The van der Waals surface area contributed by atoms with Crippen LogP contribution in [-0.2, 0) is 13.6 Å². The molecule has 0 bridgehead atoms. The van der Waals surface area contributed by atoms with Crippen LogP contribution in [0.25, 0.3) is 0 Å². The molecule has 0 aliphatic heterocycles. The molecule has 0 spiro atoms. The number of carbonyl (C=O) groups is 1. The molecule has 0 amide bonds. The van der Waals surface area contributed by atoms with Crippen molar-refractivity contribution in [3.05, 3.63) is 0 Å². The fourth-order valence-corrected chi connectivity index (χ4v) is 3.54. The van der Waals surface area contributed by atoms with Crippen LogP contribution < -0.4 is 0 Å². The smallest absolute Gasteiger partial charge is 0.356 e. The van der Waals surface area contributed by atoms with Gasteiger partial charge in [0.25, 0.3) is 5.79 Å². The summed E-state index contributed by atoms with van der Waals surface area (Å²) < 4.78 is 37.5. The molecular formula is C11H24F2O6Si2. The van der Waals surface area contributed by atoms with Crippen molar-refractivity contribution in [2.75, 3.05) is 0 Å². The predicted molar refractivity (Wildman–Crippen MR) is 76.8 cm³/mol. The summed E-state index contributed by atoms with van der Waals surface area (Å²) in [6.45, 7) is 9.41. The Morgan fingerprint density at radius 2 is 1.48 bits per heavy atom. The fourth-order valence-electron chi connectivity index (χ4n) is 1.50. The van der Waals surface area contributed by atoms with E-state index in [0.29, 0.717) is 0 Å². The van der Waals surface area contributed by atoms with Crippen LogP contribution in [0.15, 0.2) is 0 Å². The van der Waals surface area contributed by atoms with Gasteiger partial charge < -0.3 is 24.2 Å². The molecule has 3 atom stereocenters. The van der Waals surface area contributed by atoms with Crippen molar-refractivity contribution in [2.45, 2.75) is 63.4 Å². The minimum absolute atomic E-state index is 0.822. The standard InChI is InChI=1S/C11H24F2O6Si2/c1-20(2,3)18-9(16)8(15)11(17,10(12,13)7-14)19-21(4,5)6/h7-9,15-17H,1-6H3/t8-,9?,11+/m1/s1. The average molecular weight is 346 g/mol. The van der Waals surface area contributed by atoms with Crippen molar-refractivity contribution < 1.29 is 37.7 Å². The Hall–Kier alpha value is -0.236. The van der Waals surface area contributed by atoms with E-state index >= 15 is 0 Å². The maximum Gasteiger partial charge on any atom is 0.356 e. The van der Waals surface area contributed by atoms with Crippen LogP contribution in [0.3, 0.4) is 0 Å². The molecule has 0 saturated heterocycles. The minimum Gasteiger partial charge on any atom is -0.391 e. The van der Waals surface area contributed by atoms with Gasteiger partial charge in [0.2, 0.25) is 0 Å². The van der Waals surface area contributed by atoms with Gasteiger partial charge in [-0.05, 0) is 39.3 Å². The molecule has 126 valence electrons. The summed E-state index contributed by atoms with van der Waals surface area (Å²) in [4.78, 5) is 10.6. The minimum atomic E-state index is -4.41. The lowest BCUT2D eigenvalue weighted by molar-refractivity contribution is -0.332. The second kappa shape index (κ2) is 6.48. The van der Waals surface area contributed by atoms with Gasteiger partial charge in [-0.15, -0.1) is 0 Å². The number of alkyl halides is 2. The molecule has 0 aromatic rings. The van der Waals surface area contributed by atoms with E-state index in [1.54, 1.807) is 19.6 Å². The Kier molecular flexibility index (Phi) is 6.41. The molecule has 0 aliphatic carbocycles. The van der Waals surface area contributed by atoms with E-state index in [1.165, 1.54) is 19.6 Å². The number of hydrogen-bond donors (Lipinski definition) is 3. The summed E-state index contributed by atoms with van der Waals surface area (Å²) in [5, 5.41) is 29.7. The van der Waals surface area contributed by atoms with Gasteiger partial charge in [-0.2, -0.15) is 8.78 Å². The van der Waals surface area contributed by atoms with Crippen molar-refractivity contribution >= 4 is 22.9 Å². The Morgan fingerprint density at radius 1 is 1.05 bits per heavy atom. The maximum absolute atomic E-state index is 13.7. The van der Waals surface area contributed by atoms with E-state index in [0.717, 1.165) is 0 Å². The lowest BCUT2D eigenvalue weighted by atomic mass is 10.0. The Bertz CT molecular complexity index is 369. The Balaban J connectivity index is 5.55. The van der Waals surface area contributed by atoms with E-state index in [2.05, 4.69) is 0 Å². The second-order valence-electron chi connectivity index (χ2n) is 6.72. The maximum atomic E-state index is 13.7. The van der Waals surface area contributed by atoms with Crippen LogP contribution in [0, 0.1) is 0 Å². The number of rotatable bonds is 8. The van der Waals surface area contributed by atoms with Crippen LogP contribution >= 0.6 is 0 Å². The van der Waals surface area contributed by atoms with Crippen molar-refractivity contribution in [1.82, 2.24) is 0 Å². The summed E-state index contributed by atoms with van der Waals surface area (Å²) in [6, 6.07) is 0. The zero-order valence-corrected chi connectivity index (χ0v) is 15.1. The zero-order chi connectivity index (χ0) is 17.3. The van der Waals surface area contributed by atoms with Gasteiger partial charge in [-0.25, -0.2) is 0 Å². The van der Waals surface area contributed by atoms with E-state index in [-0.39, 0.29) is 0 Å². The van der Waals surface area contributed by atoms with Crippen LogP contribution in [0.2, 0.25) is 39.3 Å². The van der Waals surface area contributed by atoms with Gasteiger partial charge >= 0.3 is 5.92 Å². The first-order valence-electron chi connectivity index (χ1n) is 6.36. The van der Waals surface area contributed by atoms with E-state index < -0.39 is 47.0 Å². The third-order valence-electron chi connectivity index (χ3n) is 2.23. The molecule has 0 aliphatic rings. The molecule has 21 heavy (non-hydrogen) atoms. The van der Waals surface area contributed by atoms with Crippen LogP contribution in [0.4, 0.5) is 8.78 Å². The lowest BCUT2D eigenvalue weighted by Gasteiger charge is -2.42. The molecule has 10 heteroatoms. The highest BCUT2D eigenvalue weighted by atomic mass is 28.4. The monoisotopic (exact) mass is 346 g/mol. The van der Waals surface area contributed by atoms with Crippen molar-refractivity contribution in [1.29, 1.82) is 0 Å². The zero-order valence-electron chi connectivity index (χ0n) is 13.1. The summed E-state index contributed by atoms with van der Waals surface area (Å²) in [5.41, 5.74) is 0. The van der Waals surface area contributed by atoms with E-state index in [9.17, 15) is 28.9 Å². The molecule has 3 N–H and O–H groups in total. The average Bonchev–Trinajstić information content (AvgIpc) is 2.22. The summed E-state index contributed by atoms with van der Waals surface area (Å²) >= 11 is 0. The third kappa shape index (κ3) is 5.81. The lowest BCUT2D eigenvalue weighted by Crippen LogP contribution is -2.66.